The summed E-state index contributed by atoms with van der Waals surface area (Å²) < 4.78 is 5.17. The summed E-state index contributed by atoms with van der Waals surface area (Å²) in [7, 11) is 1.72. The van der Waals surface area contributed by atoms with Crippen molar-refractivity contribution in [3.63, 3.8) is 0 Å². The van der Waals surface area contributed by atoms with E-state index in [-0.39, 0.29) is 6.10 Å². The van der Waals surface area contributed by atoms with Gasteiger partial charge in [0.05, 0.1) is 6.10 Å². The highest BCUT2D eigenvalue weighted by molar-refractivity contribution is 5.26. The van der Waals surface area contributed by atoms with Gasteiger partial charge in [-0.25, -0.2) is 0 Å². The minimum Gasteiger partial charge on any atom is -0.508 e. The zero-order valence-electron chi connectivity index (χ0n) is 10.2. The van der Waals surface area contributed by atoms with E-state index < -0.39 is 0 Å². The fourth-order valence-electron chi connectivity index (χ4n) is 1.51. The van der Waals surface area contributed by atoms with Crippen LogP contribution in [0.15, 0.2) is 24.3 Å². The molecule has 1 aromatic carbocycles. The third-order valence-corrected chi connectivity index (χ3v) is 2.63. The minimum atomic E-state index is 0.238. The molecule has 0 aliphatic rings. The number of benzene rings is 1. The highest BCUT2D eigenvalue weighted by atomic mass is 16.5. The third kappa shape index (κ3) is 4.64. The summed E-state index contributed by atoms with van der Waals surface area (Å²) in [4.78, 5) is 0. The lowest BCUT2D eigenvalue weighted by Crippen LogP contribution is -2.34. The first-order chi connectivity index (χ1) is 7.61. The normalized spacial score (nSPS) is 14.7. The van der Waals surface area contributed by atoms with E-state index in [0.29, 0.717) is 11.8 Å². The number of ether oxygens (including phenoxy) is 1. The van der Waals surface area contributed by atoms with Crippen LogP contribution < -0.4 is 5.32 Å². The highest BCUT2D eigenvalue weighted by Gasteiger charge is 2.05. The Bertz CT molecular complexity index is 297. The van der Waals surface area contributed by atoms with Gasteiger partial charge in [-0.3, -0.25) is 0 Å². The van der Waals surface area contributed by atoms with Crippen molar-refractivity contribution in [1.82, 2.24) is 5.32 Å². The smallest absolute Gasteiger partial charge is 0.115 e. The maximum absolute atomic E-state index is 9.17. The molecule has 1 rings (SSSR count). The molecular weight excluding hydrogens is 202 g/mol. The Morgan fingerprint density at radius 2 is 1.88 bits per heavy atom. The van der Waals surface area contributed by atoms with Gasteiger partial charge in [0.2, 0.25) is 0 Å². The number of hydrogen-bond acceptors (Lipinski definition) is 3. The molecular formula is C13H21NO2. The average Bonchev–Trinajstić information content (AvgIpc) is 2.29. The zero-order valence-corrected chi connectivity index (χ0v) is 10.2. The Morgan fingerprint density at radius 1 is 1.25 bits per heavy atom. The maximum atomic E-state index is 9.17. The molecule has 0 aliphatic heterocycles. The van der Waals surface area contributed by atoms with Crippen molar-refractivity contribution in [2.75, 3.05) is 13.7 Å². The van der Waals surface area contributed by atoms with E-state index in [9.17, 15) is 0 Å². The van der Waals surface area contributed by atoms with Crippen LogP contribution in [0.3, 0.4) is 0 Å². The average molecular weight is 223 g/mol. The number of phenolic OH excluding ortho intramolecular Hbond substituents is 1. The Balaban J connectivity index is 2.33. The van der Waals surface area contributed by atoms with Crippen LogP contribution >= 0.6 is 0 Å². The summed E-state index contributed by atoms with van der Waals surface area (Å²) in [5.41, 5.74) is 1.22. The van der Waals surface area contributed by atoms with E-state index in [1.54, 1.807) is 19.2 Å². The summed E-state index contributed by atoms with van der Waals surface area (Å²) >= 11 is 0. The SMILES string of the molecule is COC(C)CNC(C)Cc1ccc(O)cc1. The summed E-state index contributed by atoms with van der Waals surface area (Å²) in [6.07, 6.45) is 1.19. The van der Waals surface area contributed by atoms with Crippen molar-refractivity contribution in [1.29, 1.82) is 0 Å². The Labute approximate surface area is 97.4 Å². The number of phenols is 1. The van der Waals surface area contributed by atoms with E-state index in [0.717, 1.165) is 13.0 Å². The van der Waals surface area contributed by atoms with Crippen LogP contribution in [0.4, 0.5) is 0 Å². The van der Waals surface area contributed by atoms with E-state index in [2.05, 4.69) is 12.2 Å². The standard InChI is InChI=1S/C13H21NO2/c1-10(14-9-11(2)16-3)8-12-4-6-13(15)7-5-12/h4-7,10-11,14-15H,8-9H2,1-3H3. The van der Waals surface area contributed by atoms with E-state index in [1.807, 2.05) is 19.1 Å². The quantitative estimate of drug-likeness (QED) is 0.774. The largest absolute Gasteiger partial charge is 0.508 e. The third-order valence-electron chi connectivity index (χ3n) is 2.63. The predicted molar refractivity (Wildman–Crippen MR) is 65.7 cm³/mol. The van der Waals surface area contributed by atoms with Gasteiger partial charge in [-0.05, 0) is 38.0 Å². The molecule has 3 nitrogen and oxygen atoms in total. The second-order valence-corrected chi connectivity index (χ2v) is 4.23. The molecule has 0 aromatic heterocycles. The van der Waals surface area contributed by atoms with Crippen molar-refractivity contribution in [3.05, 3.63) is 29.8 Å². The molecule has 2 N–H and O–H groups in total. The highest BCUT2D eigenvalue weighted by Crippen LogP contribution is 2.11. The van der Waals surface area contributed by atoms with Crippen molar-refractivity contribution >= 4 is 0 Å². The first kappa shape index (κ1) is 13.0. The van der Waals surface area contributed by atoms with Crippen LogP contribution in [0.5, 0.6) is 5.75 Å². The fraction of sp³-hybridized carbons (Fsp3) is 0.538. The van der Waals surface area contributed by atoms with Crippen LogP contribution in [-0.4, -0.2) is 30.9 Å². The monoisotopic (exact) mass is 223 g/mol. The first-order valence-electron chi connectivity index (χ1n) is 5.66. The molecule has 16 heavy (non-hydrogen) atoms. The predicted octanol–water partition coefficient (Wildman–Crippen LogP) is 1.95. The van der Waals surface area contributed by atoms with Gasteiger partial charge >= 0.3 is 0 Å². The topological polar surface area (TPSA) is 41.5 Å². The van der Waals surface area contributed by atoms with Crippen LogP contribution in [0.25, 0.3) is 0 Å². The van der Waals surface area contributed by atoms with Gasteiger partial charge in [0.25, 0.3) is 0 Å². The van der Waals surface area contributed by atoms with E-state index >= 15 is 0 Å². The summed E-state index contributed by atoms with van der Waals surface area (Å²) in [6.45, 7) is 5.05. The lowest BCUT2D eigenvalue weighted by Gasteiger charge is -2.17. The van der Waals surface area contributed by atoms with Gasteiger partial charge in [0.1, 0.15) is 5.75 Å². The molecule has 2 unspecified atom stereocenters. The zero-order chi connectivity index (χ0) is 12.0. The molecule has 1 aromatic rings. The number of nitrogens with one attached hydrogen (secondary N) is 1. The summed E-state index contributed by atoms with van der Waals surface area (Å²) in [6, 6.07) is 7.75. The molecule has 0 spiro atoms. The fourth-order valence-corrected chi connectivity index (χ4v) is 1.51. The van der Waals surface area contributed by atoms with Crippen LogP contribution in [-0.2, 0) is 11.2 Å². The first-order valence-corrected chi connectivity index (χ1v) is 5.66. The molecule has 0 fully saturated rings. The van der Waals surface area contributed by atoms with Gasteiger partial charge in [0.15, 0.2) is 0 Å². The van der Waals surface area contributed by atoms with Gasteiger partial charge in [-0.1, -0.05) is 12.1 Å². The molecule has 0 heterocycles. The number of hydrogen-bond donors (Lipinski definition) is 2. The molecule has 90 valence electrons. The van der Waals surface area contributed by atoms with Crippen LogP contribution in [0, 0.1) is 0 Å². The maximum Gasteiger partial charge on any atom is 0.115 e. The van der Waals surface area contributed by atoms with Gasteiger partial charge in [-0.2, -0.15) is 0 Å². The second kappa shape index (κ2) is 6.51. The summed E-state index contributed by atoms with van der Waals surface area (Å²) in [5, 5.41) is 12.6. The van der Waals surface area contributed by atoms with Crippen molar-refractivity contribution in [3.8, 4) is 5.75 Å². The lowest BCUT2D eigenvalue weighted by atomic mass is 10.1. The number of methoxy groups -OCH3 is 1. The van der Waals surface area contributed by atoms with Crippen molar-refractivity contribution < 1.29 is 9.84 Å². The molecule has 0 saturated carbocycles. The molecule has 0 saturated heterocycles. The molecule has 3 heteroatoms. The molecule has 0 amide bonds. The summed E-state index contributed by atoms with van der Waals surface area (Å²) in [5.74, 6) is 0.317. The number of rotatable bonds is 6. The minimum absolute atomic E-state index is 0.238. The Kier molecular flexibility index (Phi) is 5.29. The van der Waals surface area contributed by atoms with Crippen LogP contribution in [0.1, 0.15) is 19.4 Å². The van der Waals surface area contributed by atoms with Crippen molar-refractivity contribution in [2.45, 2.75) is 32.4 Å². The number of aromatic hydroxyl groups is 1. The molecule has 0 radical (unpaired) electrons. The van der Waals surface area contributed by atoms with E-state index in [1.165, 1.54) is 5.56 Å². The molecule has 2 atom stereocenters. The van der Waals surface area contributed by atoms with Gasteiger partial charge in [-0.15, -0.1) is 0 Å². The van der Waals surface area contributed by atoms with E-state index in [4.69, 9.17) is 9.84 Å². The second-order valence-electron chi connectivity index (χ2n) is 4.23. The Hall–Kier alpha value is -1.06. The van der Waals surface area contributed by atoms with Crippen LogP contribution in [0.2, 0.25) is 0 Å². The van der Waals surface area contributed by atoms with Gasteiger partial charge in [0, 0.05) is 19.7 Å². The van der Waals surface area contributed by atoms with Gasteiger partial charge < -0.3 is 15.2 Å². The Morgan fingerprint density at radius 3 is 2.44 bits per heavy atom. The van der Waals surface area contributed by atoms with Crippen molar-refractivity contribution in [2.24, 2.45) is 0 Å². The lowest BCUT2D eigenvalue weighted by molar-refractivity contribution is 0.115. The molecule has 0 bridgehead atoms. The molecule has 0 aliphatic carbocycles.